The van der Waals surface area contributed by atoms with Crippen molar-refractivity contribution in [3.05, 3.63) is 34.3 Å². The van der Waals surface area contributed by atoms with Crippen molar-refractivity contribution >= 4 is 39.9 Å². The van der Waals surface area contributed by atoms with E-state index in [2.05, 4.69) is 21.0 Å². The van der Waals surface area contributed by atoms with Crippen molar-refractivity contribution < 1.29 is 23.9 Å². The minimum atomic E-state index is -0.474. The largest absolute Gasteiger partial charge is 0.493 e. The fourth-order valence-electron chi connectivity index (χ4n) is 4.18. The Labute approximate surface area is 164 Å². The summed E-state index contributed by atoms with van der Waals surface area (Å²) in [7, 11) is 1.45. The molecule has 4 rings (SSSR count). The van der Waals surface area contributed by atoms with Crippen LogP contribution < -0.4 is 9.47 Å². The Morgan fingerprint density at radius 3 is 2.41 bits per heavy atom. The first-order chi connectivity index (χ1) is 12.9. The number of carbonyl (C=O) groups is 3. The Hall–Kier alpha value is -2.48. The van der Waals surface area contributed by atoms with E-state index in [1.165, 1.54) is 20.2 Å². The molecule has 0 aromatic heterocycles. The molecule has 1 aliphatic heterocycles. The number of hydrazone groups is 1. The van der Waals surface area contributed by atoms with E-state index in [0.717, 1.165) is 11.4 Å². The molecule has 4 atom stereocenters. The predicted molar refractivity (Wildman–Crippen MR) is 99.2 cm³/mol. The van der Waals surface area contributed by atoms with Gasteiger partial charge in [0, 0.05) is 6.92 Å². The van der Waals surface area contributed by atoms with Gasteiger partial charge in [0.05, 0.1) is 29.6 Å². The van der Waals surface area contributed by atoms with E-state index in [-0.39, 0.29) is 41.2 Å². The van der Waals surface area contributed by atoms with Gasteiger partial charge in [0.15, 0.2) is 11.5 Å². The lowest BCUT2D eigenvalue weighted by atomic mass is 9.85. The number of nitrogens with zero attached hydrogens (tertiary/aromatic N) is 2. The van der Waals surface area contributed by atoms with E-state index in [4.69, 9.17) is 9.47 Å². The average Bonchev–Trinajstić information content (AvgIpc) is 3.29. The summed E-state index contributed by atoms with van der Waals surface area (Å²) in [5.74, 6) is -0.621. The second kappa shape index (κ2) is 6.60. The number of halogens is 1. The number of rotatable bonds is 4. The van der Waals surface area contributed by atoms with Crippen LogP contribution in [0.2, 0.25) is 0 Å². The van der Waals surface area contributed by atoms with Crippen LogP contribution in [0.1, 0.15) is 18.9 Å². The van der Waals surface area contributed by atoms with Crippen molar-refractivity contribution in [3.63, 3.8) is 0 Å². The van der Waals surface area contributed by atoms with Crippen LogP contribution in [0.5, 0.6) is 11.5 Å². The summed E-state index contributed by atoms with van der Waals surface area (Å²) in [6.07, 6.45) is 6.39. The lowest BCUT2D eigenvalue weighted by Gasteiger charge is -2.13. The Morgan fingerprint density at radius 2 is 1.85 bits per heavy atom. The normalized spacial score (nSPS) is 28.3. The molecular weight excluding hydrogens is 416 g/mol. The summed E-state index contributed by atoms with van der Waals surface area (Å²) >= 11 is 3.33. The van der Waals surface area contributed by atoms with E-state index >= 15 is 0 Å². The van der Waals surface area contributed by atoms with Gasteiger partial charge in [0.2, 0.25) is 0 Å². The molecule has 1 saturated heterocycles. The predicted octanol–water partition coefficient (Wildman–Crippen LogP) is 2.52. The second-order valence-corrected chi connectivity index (χ2v) is 7.71. The summed E-state index contributed by atoms with van der Waals surface area (Å²) in [5.41, 5.74) is 0.591. The molecular formula is C19H17BrN2O5. The standard InChI is InChI=1S/C19H17BrN2O5/c1-9(23)27-17-13(20)5-10(6-14(17)26-2)8-21-22-18(24)15-11-3-4-12(7-11)16(15)19(22)25/h3-6,8,11-12,15-16H,7H2,1-2H3/t11-,12-,15-,16+/m0/s1. The highest BCUT2D eigenvalue weighted by molar-refractivity contribution is 9.10. The molecule has 8 heteroatoms. The number of amides is 2. The van der Waals surface area contributed by atoms with Gasteiger partial charge in [-0.1, -0.05) is 12.2 Å². The highest BCUT2D eigenvalue weighted by atomic mass is 79.9. The zero-order valence-electron chi connectivity index (χ0n) is 14.7. The molecule has 27 heavy (non-hydrogen) atoms. The maximum atomic E-state index is 12.6. The molecule has 2 bridgehead atoms. The Balaban J connectivity index is 1.58. The number of fused-ring (bicyclic) bond motifs is 5. The molecule has 140 valence electrons. The Bertz CT molecular complexity index is 880. The zero-order chi connectivity index (χ0) is 19.3. The topological polar surface area (TPSA) is 85.3 Å². The van der Waals surface area contributed by atoms with Gasteiger partial charge in [-0.3, -0.25) is 14.4 Å². The lowest BCUT2D eigenvalue weighted by Crippen LogP contribution is -2.28. The molecule has 1 heterocycles. The fraction of sp³-hybridized carbons (Fsp3) is 0.368. The summed E-state index contributed by atoms with van der Waals surface area (Å²) in [5, 5.41) is 5.13. The van der Waals surface area contributed by atoms with Crippen LogP contribution >= 0.6 is 15.9 Å². The third-order valence-corrected chi connectivity index (χ3v) is 5.86. The number of benzene rings is 1. The molecule has 2 fully saturated rings. The van der Waals surface area contributed by atoms with Crippen LogP contribution in [0.15, 0.2) is 33.9 Å². The molecule has 1 aromatic carbocycles. The van der Waals surface area contributed by atoms with Crippen LogP contribution in [0.3, 0.4) is 0 Å². The Kier molecular flexibility index (Phi) is 4.38. The summed E-state index contributed by atoms with van der Waals surface area (Å²) in [6.45, 7) is 1.30. The van der Waals surface area contributed by atoms with E-state index in [1.807, 2.05) is 12.2 Å². The van der Waals surface area contributed by atoms with E-state index in [9.17, 15) is 14.4 Å². The molecule has 0 N–H and O–H groups in total. The molecule has 0 radical (unpaired) electrons. The molecule has 2 amide bonds. The SMILES string of the molecule is COc1cc(C=NN2C(=O)[C@@H]3[C@H](C2=O)[C@H]2C=C[C@H]3C2)cc(Br)c1OC(C)=O. The molecule has 0 spiro atoms. The number of esters is 1. The van der Waals surface area contributed by atoms with Gasteiger partial charge in [-0.2, -0.15) is 10.1 Å². The molecule has 3 aliphatic rings. The van der Waals surface area contributed by atoms with Crippen LogP contribution in [0.4, 0.5) is 0 Å². The van der Waals surface area contributed by atoms with E-state index in [0.29, 0.717) is 15.8 Å². The maximum absolute atomic E-state index is 12.6. The molecule has 0 unspecified atom stereocenters. The summed E-state index contributed by atoms with van der Waals surface area (Å²) in [6, 6.07) is 3.28. The smallest absolute Gasteiger partial charge is 0.308 e. The monoisotopic (exact) mass is 432 g/mol. The number of hydrogen-bond acceptors (Lipinski definition) is 6. The lowest BCUT2D eigenvalue weighted by molar-refractivity contribution is -0.140. The van der Waals surface area contributed by atoms with Gasteiger partial charge in [-0.05, 0) is 51.9 Å². The zero-order valence-corrected chi connectivity index (χ0v) is 16.3. The van der Waals surface area contributed by atoms with Crippen molar-refractivity contribution in [1.29, 1.82) is 0 Å². The number of ether oxygens (including phenoxy) is 2. The maximum Gasteiger partial charge on any atom is 0.308 e. The second-order valence-electron chi connectivity index (χ2n) is 6.86. The highest BCUT2D eigenvalue weighted by Crippen LogP contribution is 2.52. The molecule has 1 aromatic rings. The van der Waals surface area contributed by atoms with E-state index < -0.39 is 5.97 Å². The number of allylic oxidation sites excluding steroid dienone is 2. The van der Waals surface area contributed by atoms with Crippen molar-refractivity contribution in [2.45, 2.75) is 13.3 Å². The molecule has 1 saturated carbocycles. The first-order valence-corrected chi connectivity index (χ1v) is 9.36. The number of methoxy groups -OCH3 is 1. The quantitative estimate of drug-likeness (QED) is 0.240. The van der Waals surface area contributed by atoms with Gasteiger partial charge in [0.1, 0.15) is 0 Å². The van der Waals surface area contributed by atoms with Crippen LogP contribution in [0.25, 0.3) is 0 Å². The number of imide groups is 1. The minimum absolute atomic E-state index is 0.147. The fourth-order valence-corrected chi connectivity index (χ4v) is 4.72. The first-order valence-electron chi connectivity index (χ1n) is 8.56. The van der Waals surface area contributed by atoms with Gasteiger partial charge >= 0.3 is 5.97 Å². The molecule has 7 nitrogen and oxygen atoms in total. The highest BCUT2D eigenvalue weighted by Gasteiger charge is 2.59. The van der Waals surface area contributed by atoms with Gasteiger partial charge in [-0.15, -0.1) is 0 Å². The van der Waals surface area contributed by atoms with Gasteiger partial charge < -0.3 is 9.47 Å². The van der Waals surface area contributed by atoms with Crippen LogP contribution in [-0.4, -0.2) is 36.1 Å². The Morgan fingerprint density at radius 1 is 1.22 bits per heavy atom. The van der Waals surface area contributed by atoms with Gasteiger partial charge in [-0.25, -0.2) is 0 Å². The summed E-state index contributed by atoms with van der Waals surface area (Å²) in [4.78, 5) is 36.5. The minimum Gasteiger partial charge on any atom is -0.493 e. The third-order valence-electron chi connectivity index (χ3n) is 5.27. The van der Waals surface area contributed by atoms with Crippen molar-refractivity contribution in [2.75, 3.05) is 7.11 Å². The van der Waals surface area contributed by atoms with Crippen molar-refractivity contribution in [3.8, 4) is 11.5 Å². The number of carbonyl (C=O) groups excluding carboxylic acids is 3. The molecule has 2 aliphatic carbocycles. The van der Waals surface area contributed by atoms with Crippen molar-refractivity contribution in [1.82, 2.24) is 5.01 Å². The summed E-state index contributed by atoms with van der Waals surface area (Å²) < 4.78 is 10.9. The number of hydrogen-bond donors (Lipinski definition) is 0. The van der Waals surface area contributed by atoms with Crippen LogP contribution in [0, 0.1) is 23.7 Å². The van der Waals surface area contributed by atoms with Crippen molar-refractivity contribution in [2.24, 2.45) is 28.8 Å². The van der Waals surface area contributed by atoms with Gasteiger partial charge in [0.25, 0.3) is 11.8 Å². The third kappa shape index (κ3) is 2.88. The van der Waals surface area contributed by atoms with Crippen LogP contribution in [-0.2, 0) is 14.4 Å². The average molecular weight is 433 g/mol. The van der Waals surface area contributed by atoms with E-state index in [1.54, 1.807) is 12.1 Å². The first kappa shape index (κ1) is 17.9.